The van der Waals surface area contributed by atoms with Crippen LogP contribution in [-0.2, 0) is 17.0 Å². The van der Waals surface area contributed by atoms with Crippen LogP contribution in [0.4, 0.5) is 0 Å². The van der Waals surface area contributed by atoms with E-state index in [1.54, 1.807) is 6.07 Å². The van der Waals surface area contributed by atoms with Crippen molar-refractivity contribution in [3.05, 3.63) is 58.5 Å². The summed E-state index contributed by atoms with van der Waals surface area (Å²) in [7, 11) is 1.48. The largest absolute Gasteiger partial charge is 0.481 e. The lowest BCUT2D eigenvalue weighted by molar-refractivity contribution is -0.136. The quantitative estimate of drug-likeness (QED) is 0.475. The van der Waals surface area contributed by atoms with Gasteiger partial charge in [-0.1, -0.05) is 42.1 Å². The van der Waals surface area contributed by atoms with Crippen LogP contribution in [-0.4, -0.2) is 28.2 Å². The minimum atomic E-state index is -0.861. The first-order chi connectivity index (χ1) is 13.1. The summed E-state index contributed by atoms with van der Waals surface area (Å²) in [5.41, 5.74) is 2.59. The SMILES string of the molecule is COc1nc(SCc2cccc(CC(=O)O)c2)nc(-c2cccs2)c1C#N. The summed E-state index contributed by atoms with van der Waals surface area (Å²) in [5, 5.41) is 20.8. The molecule has 0 fully saturated rings. The van der Waals surface area contributed by atoms with Gasteiger partial charge in [-0.3, -0.25) is 4.79 Å². The Hall–Kier alpha value is -2.89. The third-order valence-electron chi connectivity index (χ3n) is 3.63. The molecule has 3 aromatic rings. The molecule has 3 rings (SSSR count). The Kier molecular flexibility index (Phi) is 6.06. The third kappa shape index (κ3) is 4.64. The minimum Gasteiger partial charge on any atom is -0.481 e. The summed E-state index contributed by atoms with van der Waals surface area (Å²) < 4.78 is 5.28. The van der Waals surface area contributed by atoms with Gasteiger partial charge in [0, 0.05) is 5.75 Å². The number of benzene rings is 1. The van der Waals surface area contributed by atoms with Crippen molar-refractivity contribution >= 4 is 29.1 Å². The lowest BCUT2D eigenvalue weighted by atomic mass is 10.1. The summed E-state index contributed by atoms with van der Waals surface area (Å²) in [6, 6.07) is 13.3. The fourth-order valence-electron chi connectivity index (χ4n) is 2.48. The first-order valence-corrected chi connectivity index (χ1v) is 9.79. The van der Waals surface area contributed by atoms with Crippen molar-refractivity contribution in [1.29, 1.82) is 5.26 Å². The number of carbonyl (C=O) groups is 1. The molecule has 1 N–H and O–H groups in total. The Morgan fingerprint density at radius 2 is 2.11 bits per heavy atom. The Morgan fingerprint density at radius 3 is 2.78 bits per heavy atom. The maximum absolute atomic E-state index is 10.9. The number of carboxylic acids is 1. The van der Waals surface area contributed by atoms with E-state index in [2.05, 4.69) is 16.0 Å². The zero-order chi connectivity index (χ0) is 19.2. The topological polar surface area (TPSA) is 96.1 Å². The van der Waals surface area contributed by atoms with E-state index < -0.39 is 5.97 Å². The average molecular weight is 397 g/mol. The van der Waals surface area contributed by atoms with E-state index in [1.807, 2.05) is 35.7 Å². The maximum Gasteiger partial charge on any atom is 0.307 e. The van der Waals surface area contributed by atoms with E-state index >= 15 is 0 Å². The number of aromatic nitrogens is 2. The fourth-order valence-corrected chi connectivity index (χ4v) is 3.98. The van der Waals surface area contributed by atoms with Crippen LogP contribution in [0.2, 0.25) is 0 Å². The fraction of sp³-hybridized carbons (Fsp3) is 0.158. The third-order valence-corrected chi connectivity index (χ3v) is 5.42. The predicted octanol–water partition coefficient (Wildman–Crippen LogP) is 4.00. The number of nitriles is 1. The predicted molar refractivity (Wildman–Crippen MR) is 104 cm³/mol. The molecule has 2 aromatic heterocycles. The van der Waals surface area contributed by atoms with Crippen LogP contribution in [0.15, 0.2) is 46.9 Å². The maximum atomic E-state index is 10.9. The summed E-state index contributed by atoms with van der Waals surface area (Å²) in [4.78, 5) is 20.6. The summed E-state index contributed by atoms with van der Waals surface area (Å²) in [5.74, 6) is -0.0366. The highest BCUT2D eigenvalue weighted by Gasteiger charge is 2.17. The first kappa shape index (κ1) is 18.9. The van der Waals surface area contributed by atoms with Crippen LogP contribution < -0.4 is 4.74 Å². The smallest absolute Gasteiger partial charge is 0.307 e. The van der Waals surface area contributed by atoms with E-state index in [0.29, 0.717) is 22.2 Å². The molecule has 136 valence electrons. The molecule has 8 heteroatoms. The van der Waals surface area contributed by atoms with Gasteiger partial charge in [-0.25, -0.2) is 4.98 Å². The highest BCUT2D eigenvalue weighted by molar-refractivity contribution is 7.98. The van der Waals surface area contributed by atoms with E-state index in [0.717, 1.165) is 16.0 Å². The van der Waals surface area contributed by atoms with Crippen LogP contribution in [0.25, 0.3) is 10.6 Å². The van der Waals surface area contributed by atoms with E-state index in [9.17, 15) is 10.1 Å². The van der Waals surface area contributed by atoms with Gasteiger partial charge in [0.25, 0.3) is 0 Å². The van der Waals surface area contributed by atoms with Crippen LogP contribution in [0.1, 0.15) is 16.7 Å². The van der Waals surface area contributed by atoms with Crippen molar-refractivity contribution in [2.24, 2.45) is 0 Å². The van der Waals surface area contributed by atoms with Gasteiger partial charge in [0.1, 0.15) is 17.3 Å². The molecule has 0 bridgehead atoms. The lowest BCUT2D eigenvalue weighted by Crippen LogP contribution is -2.01. The average Bonchev–Trinajstić information content (AvgIpc) is 3.20. The number of thioether (sulfide) groups is 1. The molecule has 0 amide bonds. The molecule has 0 aliphatic rings. The standard InChI is InChI=1S/C19H15N3O3S2/c1-25-18-14(10-20)17(15-6-3-7-26-15)21-19(22-18)27-11-13-5-2-4-12(8-13)9-16(23)24/h2-8H,9,11H2,1H3,(H,23,24). The Balaban J connectivity index is 1.86. The highest BCUT2D eigenvalue weighted by Crippen LogP contribution is 2.33. The van der Waals surface area contributed by atoms with Gasteiger partial charge in [0.15, 0.2) is 5.16 Å². The zero-order valence-electron chi connectivity index (χ0n) is 14.4. The van der Waals surface area contributed by atoms with Gasteiger partial charge in [-0.15, -0.1) is 11.3 Å². The van der Waals surface area contributed by atoms with Crippen LogP contribution in [0.3, 0.4) is 0 Å². The molecule has 1 aromatic carbocycles. The Bertz CT molecular complexity index is 998. The molecular weight excluding hydrogens is 382 g/mol. The van der Waals surface area contributed by atoms with Crippen LogP contribution >= 0.6 is 23.1 Å². The Morgan fingerprint density at radius 1 is 1.30 bits per heavy atom. The van der Waals surface area contributed by atoms with Gasteiger partial charge in [0.05, 0.1) is 18.4 Å². The number of hydrogen-bond donors (Lipinski definition) is 1. The van der Waals surface area contributed by atoms with Gasteiger partial charge >= 0.3 is 5.97 Å². The lowest BCUT2D eigenvalue weighted by Gasteiger charge is -2.09. The van der Waals surface area contributed by atoms with Crippen LogP contribution in [0.5, 0.6) is 5.88 Å². The van der Waals surface area contributed by atoms with Crippen molar-refractivity contribution in [2.75, 3.05) is 7.11 Å². The molecule has 0 aliphatic carbocycles. The number of ether oxygens (including phenoxy) is 1. The molecule has 27 heavy (non-hydrogen) atoms. The molecular formula is C19H15N3O3S2. The van der Waals surface area contributed by atoms with Crippen molar-refractivity contribution in [1.82, 2.24) is 9.97 Å². The van der Waals surface area contributed by atoms with Crippen molar-refractivity contribution in [3.63, 3.8) is 0 Å². The van der Waals surface area contributed by atoms with E-state index in [-0.39, 0.29) is 12.3 Å². The number of thiophene rings is 1. The van der Waals surface area contributed by atoms with Gasteiger partial charge < -0.3 is 9.84 Å². The van der Waals surface area contributed by atoms with Gasteiger partial charge in [-0.2, -0.15) is 10.2 Å². The van der Waals surface area contributed by atoms with Gasteiger partial charge in [-0.05, 0) is 22.6 Å². The second-order valence-electron chi connectivity index (χ2n) is 5.51. The number of carboxylic acid groups (broad SMARTS) is 1. The summed E-state index contributed by atoms with van der Waals surface area (Å²) >= 11 is 2.90. The Labute approximate surface area is 164 Å². The molecule has 0 saturated heterocycles. The number of aliphatic carboxylic acids is 1. The number of methoxy groups -OCH3 is 1. The monoisotopic (exact) mass is 397 g/mol. The van der Waals surface area contributed by atoms with E-state index in [4.69, 9.17) is 9.84 Å². The molecule has 2 heterocycles. The molecule has 0 radical (unpaired) electrons. The molecule has 6 nitrogen and oxygen atoms in total. The molecule has 0 aliphatic heterocycles. The molecule has 0 saturated carbocycles. The first-order valence-electron chi connectivity index (χ1n) is 7.93. The normalized spacial score (nSPS) is 10.4. The van der Waals surface area contributed by atoms with Crippen molar-refractivity contribution in [3.8, 4) is 22.5 Å². The second kappa shape index (κ2) is 8.66. The number of rotatable bonds is 7. The van der Waals surface area contributed by atoms with Gasteiger partial charge in [0.2, 0.25) is 5.88 Å². The minimum absolute atomic E-state index is 0.0117. The molecule has 0 unspecified atom stereocenters. The second-order valence-corrected chi connectivity index (χ2v) is 7.40. The molecule has 0 spiro atoms. The summed E-state index contributed by atoms with van der Waals surface area (Å²) in [6.07, 6.45) is -0.0117. The number of hydrogen-bond acceptors (Lipinski definition) is 7. The summed E-state index contributed by atoms with van der Waals surface area (Å²) in [6.45, 7) is 0. The van der Waals surface area contributed by atoms with E-state index in [1.165, 1.54) is 30.2 Å². The number of nitrogens with zero attached hydrogens (tertiary/aromatic N) is 3. The zero-order valence-corrected chi connectivity index (χ0v) is 16.0. The van der Waals surface area contributed by atoms with Crippen LogP contribution in [0, 0.1) is 11.3 Å². The van der Waals surface area contributed by atoms with Crippen molar-refractivity contribution in [2.45, 2.75) is 17.3 Å². The van der Waals surface area contributed by atoms with Crippen molar-refractivity contribution < 1.29 is 14.6 Å². The molecule has 0 atom stereocenters. The highest BCUT2D eigenvalue weighted by atomic mass is 32.2.